The van der Waals surface area contributed by atoms with Gasteiger partial charge in [0.15, 0.2) is 0 Å². The minimum atomic E-state index is -3.94. The van der Waals surface area contributed by atoms with E-state index in [1.165, 1.54) is 11.8 Å². The number of thioether (sulfide) groups is 1. The molecule has 4 rings (SSSR count). The summed E-state index contributed by atoms with van der Waals surface area (Å²) in [6, 6.07) is 16.6. The third-order valence-electron chi connectivity index (χ3n) is 6.31. The van der Waals surface area contributed by atoms with Crippen LogP contribution in [0.4, 0.5) is 0 Å². The largest absolute Gasteiger partial charge is 0.480 e. The van der Waals surface area contributed by atoms with Crippen LogP contribution < -0.4 is 10.0 Å². The number of hydrogen-bond donors (Lipinski definition) is 3. The highest BCUT2D eigenvalue weighted by molar-refractivity contribution is 8.18. The van der Waals surface area contributed by atoms with Crippen molar-refractivity contribution in [3.8, 4) is 0 Å². The van der Waals surface area contributed by atoms with Crippen LogP contribution in [0.2, 0.25) is 5.02 Å². The van der Waals surface area contributed by atoms with Gasteiger partial charge in [-0.15, -0.1) is 11.8 Å². The number of carbonyl (C=O) groups is 1. The fourth-order valence-electron chi connectivity index (χ4n) is 4.41. The Balaban J connectivity index is 1.59. The maximum absolute atomic E-state index is 13.4. The predicted octanol–water partition coefficient (Wildman–Crippen LogP) is 4.23. The Morgan fingerprint density at radius 3 is 2.45 bits per heavy atom. The molecule has 0 spiro atoms. The van der Waals surface area contributed by atoms with Crippen molar-refractivity contribution in [3.63, 3.8) is 0 Å². The molecule has 9 heteroatoms. The molecule has 2 aliphatic rings. The molecule has 3 atom stereocenters. The van der Waals surface area contributed by atoms with Crippen molar-refractivity contribution in [2.24, 2.45) is 0 Å². The van der Waals surface area contributed by atoms with Crippen LogP contribution in [0.3, 0.4) is 0 Å². The Hall–Kier alpha value is -1.84. The molecule has 0 aromatic heterocycles. The van der Waals surface area contributed by atoms with Crippen LogP contribution in [0.15, 0.2) is 60.7 Å². The van der Waals surface area contributed by atoms with Crippen LogP contribution >= 0.6 is 23.4 Å². The number of hydrogen-bond acceptors (Lipinski definition) is 5. The van der Waals surface area contributed by atoms with Gasteiger partial charge < -0.3 is 10.4 Å². The second-order valence-electron chi connectivity index (χ2n) is 8.88. The molecule has 6 nitrogen and oxygen atoms in total. The minimum Gasteiger partial charge on any atom is -0.480 e. The third-order valence-corrected chi connectivity index (χ3v) is 10.2. The van der Waals surface area contributed by atoms with Gasteiger partial charge in [-0.25, -0.2) is 8.42 Å². The molecular weight excluding hydrogens is 480 g/mol. The lowest BCUT2D eigenvalue weighted by Gasteiger charge is -2.27. The maximum atomic E-state index is 13.4. The summed E-state index contributed by atoms with van der Waals surface area (Å²) in [5.41, 5.74) is -0.769. The molecule has 1 aliphatic carbocycles. The summed E-state index contributed by atoms with van der Waals surface area (Å²) in [7, 11) is -3.94. The first-order valence-corrected chi connectivity index (χ1v) is 13.6. The lowest BCUT2D eigenvalue weighted by Crippen LogP contribution is -2.53. The Morgan fingerprint density at radius 2 is 1.85 bits per heavy atom. The fraction of sp³-hybridized carbons (Fsp3) is 0.375. The first-order valence-electron chi connectivity index (χ1n) is 10.8. The van der Waals surface area contributed by atoms with Gasteiger partial charge in [0.1, 0.15) is 10.1 Å². The lowest BCUT2D eigenvalue weighted by atomic mass is 9.90. The molecule has 2 aromatic carbocycles. The number of carboxylic acids is 1. The normalized spacial score (nSPS) is 26.9. The van der Waals surface area contributed by atoms with Gasteiger partial charge in [-0.1, -0.05) is 74.0 Å². The van der Waals surface area contributed by atoms with E-state index in [1.54, 1.807) is 12.1 Å². The van der Waals surface area contributed by atoms with Crippen molar-refractivity contribution in [1.82, 2.24) is 10.0 Å². The number of aliphatic carboxylic acids is 1. The monoisotopic (exact) mass is 506 g/mol. The third kappa shape index (κ3) is 4.59. The highest BCUT2D eigenvalue weighted by Gasteiger charge is 2.74. The Bertz CT molecular complexity index is 1170. The zero-order chi connectivity index (χ0) is 23.9. The van der Waals surface area contributed by atoms with Crippen molar-refractivity contribution < 1.29 is 18.3 Å². The van der Waals surface area contributed by atoms with E-state index in [0.29, 0.717) is 18.0 Å². The van der Waals surface area contributed by atoms with Crippen LogP contribution in [0, 0.1) is 0 Å². The number of carboxylic acid groups (broad SMARTS) is 1. The van der Waals surface area contributed by atoms with Crippen molar-refractivity contribution >= 4 is 44.3 Å². The van der Waals surface area contributed by atoms with Crippen molar-refractivity contribution in [1.29, 1.82) is 0 Å². The molecule has 2 aromatic rings. The van der Waals surface area contributed by atoms with E-state index in [0.717, 1.165) is 16.0 Å². The zero-order valence-electron chi connectivity index (χ0n) is 18.4. The summed E-state index contributed by atoms with van der Waals surface area (Å²) in [4.78, 5) is 13.4. The average molecular weight is 507 g/mol. The highest BCUT2D eigenvalue weighted by atomic mass is 35.5. The molecule has 1 saturated carbocycles. The molecule has 1 heterocycles. The van der Waals surface area contributed by atoms with E-state index in [-0.39, 0.29) is 12.5 Å². The number of benzene rings is 2. The second-order valence-corrected chi connectivity index (χ2v) is 12.7. The van der Waals surface area contributed by atoms with Crippen molar-refractivity contribution in [3.05, 3.63) is 76.8 Å². The summed E-state index contributed by atoms with van der Waals surface area (Å²) in [6.07, 6.45) is 2.37. The molecule has 0 amide bonds. The van der Waals surface area contributed by atoms with E-state index < -0.39 is 31.5 Å². The molecule has 0 radical (unpaired) electrons. The first-order chi connectivity index (χ1) is 15.6. The minimum absolute atomic E-state index is 0.130. The molecule has 3 N–H and O–H groups in total. The van der Waals surface area contributed by atoms with Gasteiger partial charge in [-0.05, 0) is 36.1 Å². The molecule has 0 bridgehead atoms. The van der Waals surface area contributed by atoms with Gasteiger partial charge in [-0.3, -0.25) is 4.79 Å². The van der Waals surface area contributed by atoms with Gasteiger partial charge in [-0.2, -0.15) is 4.72 Å². The first kappa shape index (κ1) is 24.3. The SMILES string of the molecule is CC(C)NCC1(c2ccccc2)CC1(NS(=O)(=O)C1CC=C(c2ccc(Cl)cc2)S1)C(=O)O. The Labute approximate surface area is 203 Å². The average Bonchev–Trinajstić information content (AvgIpc) is 3.15. The van der Waals surface area contributed by atoms with Gasteiger partial charge in [0.05, 0.1) is 0 Å². The summed E-state index contributed by atoms with van der Waals surface area (Å²) in [6.45, 7) is 4.31. The van der Waals surface area contributed by atoms with E-state index in [2.05, 4.69) is 10.0 Å². The number of nitrogens with one attached hydrogen (secondary N) is 2. The summed E-state index contributed by atoms with van der Waals surface area (Å²) >= 11 is 7.19. The highest BCUT2D eigenvalue weighted by Crippen LogP contribution is 2.58. The standard InChI is InChI=1S/C24H27ClN2O4S2/c1-16(2)26-15-23(18-6-4-3-5-7-18)14-24(23,22(28)29)27-33(30,31)21-13-12-20(32-21)17-8-10-19(25)11-9-17/h3-12,16,21,26-27H,13-15H2,1-2H3,(H,28,29). The maximum Gasteiger partial charge on any atom is 0.325 e. The van der Waals surface area contributed by atoms with Crippen LogP contribution in [-0.4, -0.2) is 42.2 Å². The molecular formula is C24H27ClN2O4S2. The Kier molecular flexibility index (Phi) is 6.68. The molecule has 176 valence electrons. The van der Waals surface area contributed by atoms with Crippen LogP contribution in [-0.2, 0) is 20.2 Å². The molecule has 1 aliphatic heterocycles. The number of allylic oxidation sites excluding steroid dienone is 1. The quantitative estimate of drug-likeness (QED) is 0.471. The zero-order valence-corrected chi connectivity index (χ0v) is 20.8. The molecule has 1 fully saturated rings. The van der Waals surface area contributed by atoms with Gasteiger partial charge in [0, 0.05) is 27.9 Å². The van der Waals surface area contributed by atoms with Gasteiger partial charge >= 0.3 is 5.97 Å². The van der Waals surface area contributed by atoms with Crippen LogP contribution in [0.1, 0.15) is 37.8 Å². The second kappa shape index (κ2) is 9.07. The summed E-state index contributed by atoms with van der Waals surface area (Å²) in [5.74, 6) is -1.16. The number of rotatable bonds is 9. The van der Waals surface area contributed by atoms with Crippen LogP contribution in [0.25, 0.3) is 4.91 Å². The number of sulfonamides is 1. The number of halogens is 1. The fourth-order valence-corrected chi connectivity index (χ4v) is 7.76. The predicted molar refractivity (Wildman–Crippen MR) is 134 cm³/mol. The molecule has 33 heavy (non-hydrogen) atoms. The Morgan fingerprint density at radius 1 is 1.18 bits per heavy atom. The van der Waals surface area contributed by atoms with Gasteiger partial charge in [0.2, 0.25) is 10.0 Å². The van der Waals surface area contributed by atoms with Gasteiger partial charge in [0.25, 0.3) is 0 Å². The molecule has 3 unspecified atom stereocenters. The van der Waals surface area contributed by atoms with E-state index in [9.17, 15) is 18.3 Å². The van der Waals surface area contributed by atoms with Crippen molar-refractivity contribution in [2.45, 2.75) is 48.3 Å². The topological polar surface area (TPSA) is 95.5 Å². The smallest absolute Gasteiger partial charge is 0.325 e. The molecule has 0 saturated heterocycles. The van der Waals surface area contributed by atoms with E-state index >= 15 is 0 Å². The summed E-state index contributed by atoms with van der Waals surface area (Å²) in [5, 5.41) is 14.2. The van der Waals surface area contributed by atoms with E-state index in [1.807, 2.05) is 62.4 Å². The lowest BCUT2D eigenvalue weighted by molar-refractivity contribution is -0.140. The van der Waals surface area contributed by atoms with Crippen molar-refractivity contribution in [2.75, 3.05) is 6.54 Å². The summed E-state index contributed by atoms with van der Waals surface area (Å²) < 4.78 is 28.7. The van der Waals surface area contributed by atoms with Crippen LogP contribution in [0.5, 0.6) is 0 Å². The van der Waals surface area contributed by atoms with E-state index in [4.69, 9.17) is 11.6 Å².